The van der Waals surface area contributed by atoms with E-state index in [0.29, 0.717) is 0 Å². The third-order valence-electron chi connectivity index (χ3n) is 3.13. The fourth-order valence-electron chi connectivity index (χ4n) is 2.18. The van der Waals surface area contributed by atoms with Gasteiger partial charge in [0.2, 0.25) is 0 Å². The molecule has 0 spiro atoms. The lowest BCUT2D eigenvalue weighted by molar-refractivity contribution is 0.198. The predicted octanol–water partition coefficient (Wildman–Crippen LogP) is 3.66. The molecule has 1 aromatic rings. The van der Waals surface area contributed by atoms with E-state index in [1.807, 2.05) is 6.07 Å². The van der Waals surface area contributed by atoms with Crippen molar-refractivity contribution in [3.8, 4) is 0 Å². The minimum absolute atomic E-state index is 0.429. The monoisotopic (exact) mass is 295 g/mol. The van der Waals surface area contributed by atoms with E-state index in [-0.39, 0.29) is 0 Å². The summed E-state index contributed by atoms with van der Waals surface area (Å²) in [5, 5.41) is 9.60. The molecule has 0 bridgehead atoms. The van der Waals surface area contributed by atoms with Crippen molar-refractivity contribution >= 4 is 21.6 Å². The first kappa shape index (κ1) is 12.7. The van der Waals surface area contributed by atoms with Crippen molar-refractivity contribution in [1.29, 1.82) is 0 Å². The number of aliphatic hydroxyl groups is 1. The lowest BCUT2D eigenvalue weighted by Crippen LogP contribution is -2.29. The van der Waals surface area contributed by atoms with Crippen molar-refractivity contribution in [3.63, 3.8) is 0 Å². The van der Waals surface area contributed by atoms with E-state index in [4.69, 9.17) is 0 Å². The Labute approximate surface area is 111 Å². The molecular formula is C14H18BrNO. The van der Waals surface area contributed by atoms with Crippen LogP contribution in [0.2, 0.25) is 0 Å². The van der Waals surface area contributed by atoms with Crippen LogP contribution in [0.3, 0.4) is 0 Å². The van der Waals surface area contributed by atoms with Crippen molar-refractivity contribution in [2.45, 2.75) is 26.4 Å². The topological polar surface area (TPSA) is 23.5 Å². The fraction of sp³-hybridized carbons (Fsp3) is 0.429. The first-order valence-corrected chi connectivity index (χ1v) is 6.75. The zero-order valence-corrected chi connectivity index (χ0v) is 11.9. The molecule has 0 fully saturated rings. The summed E-state index contributed by atoms with van der Waals surface area (Å²) in [4.78, 5) is 2.37. The van der Waals surface area contributed by atoms with Gasteiger partial charge in [0.15, 0.2) is 0 Å². The summed E-state index contributed by atoms with van der Waals surface area (Å²) in [7, 11) is 0. The van der Waals surface area contributed by atoms with Crippen LogP contribution in [0, 0.1) is 0 Å². The Morgan fingerprint density at radius 2 is 2.18 bits per heavy atom. The second-order valence-corrected chi connectivity index (χ2v) is 5.50. The van der Waals surface area contributed by atoms with Gasteiger partial charge in [0, 0.05) is 23.2 Å². The van der Waals surface area contributed by atoms with Crippen LogP contribution in [0.5, 0.6) is 0 Å². The fourth-order valence-corrected chi connectivity index (χ4v) is 2.88. The molecule has 0 saturated carbocycles. The number of anilines is 1. The molecule has 2 rings (SSSR count). The van der Waals surface area contributed by atoms with Crippen LogP contribution in [0.1, 0.15) is 31.9 Å². The van der Waals surface area contributed by atoms with Crippen molar-refractivity contribution in [1.82, 2.24) is 0 Å². The molecule has 0 aromatic heterocycles. The first-order valence-electron chi connectivity index (χ1n) is 5.96. The van der Waals surface area contributed by atoms with Gasteiger partial charge in [-0.05, 0) is 38.0 Å². The average molecular weight is 296 g/mol. The second kappa shape index (κ2) is 5.23. The lowest BCUT2D eigenvalue weighted by atomic mass is 10.1. The number of hydrogen-bond acceptors (Lipinski definition) is 2. The molecule has 0 amide bonds. The van der Waals surface area contributed by atoms with Crippen LogP contribution in [0.4, 0.5) is 5.69 Å². The maximum Gasteiger partial charge on any atom is 0.0772 e. The van der Waals surface area contributed by atoms with E-state index in [9.17, 15) is 5.11 Å². The summed E-state index contributed by atoms with van der Waals surface area (Å²) in [6, 6.07) is 6.18. The molecule has 92 valence electrons. The summed E-state index contributed by atoms with van der Waals surface area (Å²) in [5.74, 6) is 0. The Balaban J connectivity index is 2.23. The molecule has 2 nitrogen and oxygen atoms in total. The third kappa shape index (κ3) is 2.90. The molecule has 1 aromatic carbocycles. The minimum Gasteiger partial charge on any atom is -0.389 e. The molecule has 0 aliphatic carbocycles. The maximum absolute atomic E-state index is 9.60. The van der Waals surface area contributed by atoms with Gasteiger partial charge in [-0.1, -0.05) is 33.6 Å². The summed E-state index contributed by atoms with van der Waals surface area (Å²) >= 11 is 3.53. The van der Waals surface area contributed by atoms with E-state index in [0.717, 1.165) is 29.5 Å². The Hall–Kier alpha value is -0.800. The zero-order chi connectivity index (χ0) is 12.4. The van der Waals surface area contributed by atoms with Crippen LogP contribution in [-0.2, 0) is 0 Å². The molecule has 0 saturated heterocycles. The van der Waals surface area contributed by atoms with Gasteiger partial charge in [0.25, 0.3) is 0 Å². The van der Waals surface area contributed by atoms with Gasteiger partial charge in [-0.15, -0.1) is 0 Å². The highest BCUT2D eigenvalue weighted by molar-refractivity contribution is 9.10. The number of aliphatic hydroxyl groups excluding tert-OH is 1. The molecule has 1 N–H and O–H groups in total. The zero-order valence-electron chi connectivity index (χ0n) is 10.3. The van der Waals surface area contributed by atoms with E-state index in [1.165, 1.54) is 11.3 Å². The average Bonchev–Trinajstić information content (AvgIpc) is 2.28. The normalized spacial score (nSPS) is 17.9. The Bertz CT molecular complexity index is 440. The van der Waals surface area contributed by atoms with E-state index in [1.54, 1.807) is 6.92 Å². The van der Waals surface area contributed by atoms with E-state index >= 15 is 0 Å². The lowest BCUT2D eigenvalue weighted by Gasteiger charge is -2.28. The standard InChI is InChI=1S/C14H18BrNO/c1-10-4-3-7-16(9-10)12-5-6-13(11(2)17)14(15)8-12/h4-6,8,11,17H,3,7,9H2,1-2H3/t11-/m0/s1. The molecule has 3 heteroatoms. The predicted molar refractivity (Wildman–Crippen MR) is 75.4 cm³/mol. The molecule has 1 aliphatic heterocycles. The molecule has 1 aliphatic rings. The molecule has 0 unspecified atom stereocenters. The molecule has 17 heavy (non-hydrogen) atoms. The van der Waals surface area contributed by atoms with Crippen LogP contribution >= 0.6 is 15.9 Å². The Morgan fingerprint density at radius 1 is 1.41 bits per heavy atom. The molecule has 1 heterocycles. The van der Waals surface area contributed by atoms with Gasteiger partial charge in [-0.3, -0.25) is 0 Å². The summed E-state index contributed by atoms with van der Waals surface area (Å²) in [5.41, 5.74) is 3.58. The van der Waals surface area contributed by atoms with Crippen molar-refractivity contribution < 1.29 is 5.11 Å². The van der Waals surface area contributed by atoms with Gasteiger partial charge in [-0.25, -0.2) is 0 Å². The number of benzene rings is 1. The van der Waals surface area contributed by atoms with Gasteiger partial charge in [0.05, 0.1) is 6.10 Å². The first-order chi connectivity index (χ1) is 8.08. The third-order valence-corrected chi connectivity index (χ3v) is 3.82. The molecular weight excluding hydrogens is 278 g/mol. The SMILES string of the molecule is CC1=CCCN(c2ccc([C@H](C)O)c(Br)c2)C1. The van der Waals surface area contributed by atoms with Crippen molar-refractivity contribution in [3.05, 3.63) is 39.9 Å². The van der Waals surface area contributed by atoms with Crippen LogP contribution < -0.4 is 4.90 Å². The highest BCUT2D eigenvalue weighted by Gasteiger charge is 2.13. The van der Waals surface area contributed by atoms with Gasteiger partial charge < -0.3 is 10.0 Å². The minimum atomic E-state index is -0.429. The second-order valence-electron chi connectivity index (χ2n) is 4.64. The Morgan fingerprint density at radius 3 is 2.76 bits per heavy atom. The smallest absolute Gasteiger partial charge is 0.0772 e. The summed E-state index contributed by atoms with van der Waals surface area (Å²) < 4.78 is 0.984. The van der Waals surface area contributed by atoms with E-state index < -0.39 is 6.10 Å². The van der Waals surface area contributed by atoms with Gasteiger partial charge in [-0.2, -0.15) is 0 Å². The van der Waals surface area contributed by atoms with Crippen molar-refractivity contribution in [2.75, 3.05) is 18.0 Å². The van der Waals surface area contributed by atoms with Crippen molar-refractivity contribution in [2.24, 2.45) is 0 Å². The summed E-state index contributed by atoms with van der Waals surface area (Å²) in [6.45, 7) is 6.02. The van der Waals surface area contributed by atoms with E-state index in [2.05, 4.69) is 46.0 Å². The number of halogens is 1. The Kier molecular flexibility index (Phi) is 3.89. The quantitative estimate of drug-likeness (QED) is 0.842. The molecule has 1 atom stereocenters. The summed E-state index contributed by atoms with van der Waals surface area (Å²) in [6.07, 6.45) is 2.98. The van der Waals surface area contributed by atoms with Gasteiger partial charge >= 0.3 is 0 Å². The van der Waals surface area contributed by atoms with Crippen LogP contribution in [-0.4, -0.2) is 18.2 Å². The molecule has 0 radical (unpaired) electrons. The largest absolute Gasteiger partial charge is 0.389 e. The highest BCUT2D eigenvalue weighted by atomic mass is 79.9. The number of nitrogens with zero attached hydrogens (tertiary/aromatic N) is 1. The van der Waals surface area contributed by atoms with Crippen LogP contribution in [0.15, 0.2) is 34.3 Å². The number of hydrogen-bond donors (Lipinski definition) is 1. The number of rotatable bonds is 2. The van der Waals surface area contributed by atoms with Crippen LogP contribution in [0.25, 0.3) is 0 Å². The maximum atomic E-state index is 9.60. The highest BCUT2D eigenvalue weighted by Crippen LogP contribution is 2.29. The van der Waals surface area contributed by atoms with Gasteiger partial charge in [0.1, 0.15) is 0 Å².